The Hall–Kier alpha value is -0.590. The normalized spacial score (nSPS) is 16.8. The molecular weight excluding hydrogens is 146 g/mol. The lowest BCUT2D eigenvalue weighted by Gasteiger charge is -2.17. The third-order valence-corrected chi connectivity index (χ3v) is 2.08. The van der Waals surface area contributed by atoms with Crippen LogP contribution < -0.4 is 0 Å². The minimum atomic E-state index is 0.475. The Morgan fingerprint density at radius 3 is 2.67 bits per heavy atom. The molecule has 0 unspecified atom stereocenters. The first-order valence-electron chi connectivity index (χ1n) is 4.79. The van der Waals surface area contributed by atoms with E-state index in [1.165, 1.54) is 18.5 Å². The summed E-state index contributed by atoms with van der Waals surface area (Å²) < 4.78 is 0. The molecule has 12 heavy (non-hydrogen) atoms. The first kappa shape index (κ1) is 9.50. The summed E-state index contributed by atoms with van der Waals surface area (Å²) in [4.78, 5) is 4.29. The van der Waals surface area contributed by atoms with Crippen molar-refractivity contribution in [2.75, 3.05) is 0 Å². The molecule has 1 rings (SSSR count). The summed E-state index contributed by atoms with van der Waals surface area (Å²) >= 11 is 0. The van der Waals surface area contributed by atoms with Crippen molar-refractivity contribution in [2.45, 2.75) is 46.5 Å². The maximum atomic E-state index is 4.29. The summed E-state index contributed by atoms with van der Waals surface area (Å²) in [7, 11) is 0. The predicted octanol–water partition coefficient (Wildman–Crippen LogP) is 3.56. The molecule has 1 heteroatoms. The van der Waals surface area contributed by atoms with Gasteiger partial charge in [-0.05, 0) is 24.7 Å². The van der Waals surface area contributed by atoms with Crippen molar-refractivity contribution in [2.24, 2.45) is 10.4 Å². The van der Waals surface area contributed by atoms with Crippen LogP contribution >= 0.6 is 0 Å². The SMILES string of the molecule is CC(C)(C)CCCC1=CCC=N1. The fourth-order valence-electron chi connectivity index (χ4n) is 1.38. The highest BCUT2D eigenvalue weighted by Gasteiger charge is 2.09. The number of rotatable bonds is 3. The van der Waals surface area contributed by atoms with Crippen LogP contribution in [-0.4, -0.2) is 6.21 Å². The maximum absolute atomic E-state index is 4.29. The average Bonchev–Trinajstić information content (AvgIpc) is 2.36. The average molecular weight is 165 g/mol. The van der Waals surface area contributed by atoms with Crippen LogP contribution in [0.1, 0.15) is 46.5 Å². The van der Waals surface area contributed by atoms with E-state index in [4.69, 9.17) is 0 Å². The van der Waals surface area contributed by atoms with E-state index in [1.807, 2.05) is 6.21 Å². The monoisotopic (exact) mass is 165 g/mol. The van der Waals surface area contributed by atoms with Crippen LogP contribution in [0.2, 0.25) is 0 Å². The molecule has 1 heterocycles. The number of nitrogens with zero attached hydrogens (tertiary/aromatic N) is 1. The second kappa shape index (κ2) is 3.88. The van der Waals surface area contributed by atoms with E-state index in [-0.39, 0.29) is 0 Å². The minimum absolute atomic E-state index is 0.475. The molecule has 1 nitrogen and oxygen atoms in total. The molecule has 0 fully saturated rings. The summed E-state index contributed by atoms with van der Waals surface area (Å²) in [5.41, 5.74) is 1.77. The molecule has 0 aromatic carbocycles. The second-order valence-electron chi connectivity index (χ2n) is 4.66. The lowest BCUT2D eigenvalue weighted by atomic mass is 9.89. The highest BCUT2D eigenvalue weighted by atomic mass is 14.7. The highest BCUT2D eigenvalue weighted by Crippen LogP contribution is 2.24. The third kappa shape index (κ3) is 3.70. The molecule has 0 aromatic rings. The summed E-state index contributed by atoms with van der Waals surface area (Å²) in [6.45, 7) is 6.87. The van der Waals surface area contributed by atoms with Gasteiger partial charge in [-0.2, -0.15) is 0 Å². The van der Waals surface area contributed by atoms with E-state index in [0.717, 1.165) is 12.8 Å². The van der Waals surface area contributed by atoms with Crippen LogP contribution in [0, 0.1) is 5.41 Å². The minimum Gasteiger partial charge on any atom is -0.266 e. The summed E-state index contributed by atoms with van der Waals surface area (Å²) in [5.74, 6) is 0. The molecular formula is C11H19N. The standard InChI is InChI=1S/C11H19N/c1-11(2,3)8-4-6-10-7-5-9-12-10/h7,9H,4-6,8H2,1-3H3. The highest BCUT2D eigenvalue weighted by molar-refractivity contribution is 5.64. The third-order valence-electron chi connectivity index (χ3n) is 2.08. The van der Waals surface area contributed by atoms with E-state index < -0.39 is 0 Å². The Labute approximate surface area is 75.6 Å². The molecule has 0 bridgehead atoms. The van der Waals surface area contributed by atoms with Crippen LogP contribution in [0.4, 0.5) is 0 Å². The Morgan fingerprint density at radius 1 is 1.42 bits per heavy atom. The molecule has 1 aliphatic heterocycles. The van der Waals surface area contributed by atoms with Crippen LogP contribution in [-0.2, 0) is 0 Å². The first-order valence-corrected chi connectivity index (χ1v) is 4.79. The molecule has 0 saturated heterocycles. The van der Waals surface area contributed by atoms with E-state index in [0.29, 0.717) is 5.41 Å². The topological polar surface area (TPSA) is 12.4 Å². The van der Waals surface area contributed by atoms with Crippen molar-refractivity contribution in [1.29, 1.82) is 0 Å². The zero-order chi connectivity index (χ0) is 9.03. The maximum Gasteiger partial charge on any atom is 0.0363 e. The summed E-state index contributed by atoms with van der Waals surface area (Å²) in [6, 6.07) is 0. The van der Waals surface area contributed by atoms with Crippen LogP contribution in [0.3, 0.4) is 0 Å². The quantitative estimate of drug-likeness (QED) is 0.606. The van der Waals surface area contributed by atoms with Gasteiger partial charge in [-0.25, -0.2) is 0 Å². The fourth-order valence-corrected chi connectivity index (χ4v) is 1.38. The molecule has 0 aliphatic carbocycles. The number of hydrogen-bond acceptors (Lipinski definition) is 1. The molecule has 0 saturated carbocycles. The van der Waals surface area contributed by atoms with E-state index in [1.54, 1.807) is 0 Å². The molecule has 0 N–H and O–H groups in total. The van der Waals surface area contributed by atoms with E-state index >= 15 is 0 Å². The van der Waals surface area contributed by atoms with Crippen molar-refractivity contribution in [1.82, 2.24) is 0 Å². The van der Waals surface area contributed by atoms with E-state index in [2.05, 4.69) is 31.8 Å². The molecule has 0 amide bonds. The van der Waals surface area contributed by atoms with Gasteiger partial charge in [0.1, 0.15) is 0 Å². The van der Waals surface area contributed by atoms with Crippen molar-refractivity contribution in [3.05, 3.63) is 11.8 Å². The summed E-state index contributed by atoms with van der Waals surface area (Å²) in [5, 5.41) is 0. The smallest absolute Gasteiger partial charge is 0.0363 e. The Balaban J connectivity index is 2.14. The number of hydrogen-bond donors (Lipinski definition) is 0. The number of aliphatic imine (C=N–C) groups is 1. The molecule has 0 aromatic heterocycles. The van der Waals surface area contributed by atoms with Gasteiger partial charge in [-0.15, -0.1) is 0 Å². The first-order chi connectivity index (χ1) is 5.58. The molecule has 0 atom stereocenters. The van der Waals surface area contributed by atoms with Gasteiger partial charge >= 0.3 is 0 Å². The largest absolute Gasteiger partial charge is 0.266 e. The van der Waals surface area contributed by atoms with Crippen molar-refractivity contribution < 1.29 is 0 Å². The molecule has 0 radical (unpaired) electrons. The zero-order valence-corrected chi connectivity index (χ0v) is 8.43. The van der Waals surface area contributed by atoms with Crippen LogP contribution in [0.5, 0.6) is 0 Å². The van der Waals surface area contributed by atoms with Crippen molar-refractivity contribution in [3.63, 3.8) is 0 Å². The van der Waals surface area contributed by atoms with Gasteiger partial charge < -0.3 is 0 Å². The summed E-state index contributed by atoms with van der Waals surface area (Å²) in [6.07, 6.45) is 8.99. The zero-order valence-electron chi connectivity index (χ0n) is 8.43. The Bertz CT molecular complexity index is 194. The number of allylic oxidation sites excluding steroid dienone is 2. The van der Waals surface area contributed by atoms with Crippen molar-refractivity contribution in [3.8, 4) is 0 Å². The van der Waals surface area contributed by atoms with Gasteiger partial charge in [0.05, 0.1) is 0 Å². The lowest BCUT2D eigenvalue weighted by Crippen LogP contribution is -2.03. The molecule has 0 spiro atoms. The van der Waals surface area contributed by atoms with Gasteiger partial charge in [-0.3, -0.25) is 4.99 Å². The van der Waals surface area contributed by atoms with Crippen molar-refractivity contribution >= 4 is 6.21 Å². The fraction of sp³-hybridized carbons (Fsp3) is 0.727. The van der Waals surface area contributed by atoms with Gasteiger partial charge in [0.25, 0.3) is 0 Å². The Morgan fingerprint density at radius 2 is 2.17 bits per heavy atom. The lowest BCUT2D eigenvalue weighted by molar-refractivity contribution is 0.365. The van der Waals surface area contributed by atoms with Gasteiger partial charge in [0.2, 0.25) is 0 Å². The predicted molar refractivity (Wildman–Crippen MR) is 54.5 cm³/mol. The van der Waals surface area contributed by atoms with E-state index in [9.17, 15) is 0 Å². The molecule has 68 valence electrons. The van der Waals surface area contributed by atoms with Gasteiger partial charge in [-0.1, -0.05) is 26.8 Å². The molecule has 1 aliphatic rings. The second-order valence-corrected chi connectivity index (χ2v) is 4.66. The van der Waals surface area contributed by atoms with Crippen LogP contribution in [0.15, 0.2) is 16.8 Å². The Kier molecular flexibility index (Phi) is 3.07. The van der Waals surface area contributed by atoms with Gasteiger partial charge in [0.15, 0.2) is 0 Å². The van der Waals surface area contributed by atoms with Gasteiger partial charge in [0, 0.05) is 18.3 Å². The van der Waals surface area contributed by atoms with Crippen LogP contribution in [0.25, 0.3) is 0 Å².